The van der Waals surface area contributed by atoms with Crippen LogP contribution in [0.15, 0.2) is 0 Å². The van der Waals surface area contributed by atoms with Crippen LogP contribution in [0.25, 0.3) is 0 Å². The first-order valence-electron chi connectivity index (χ1n) is 2.35. The summed E-state index contributed by atoms with van der Waals surface area (Å²) in [6.45, 7) is 0. The highest BCUT2D eigenvalue weighted by atomic mass is 28.2. The highest BCUT2D eigenvalue weighted by Crippen LogP contribution is 2.23. The van der Waals surface area contributed by atoms with Crippen LogP contribution >= 0.6 is 0 Å². The average molecular weight is 169 g/mol. The Balaban J connectivity index is 3.92. The van der Waals surface area contributed by atoms with Gasteiger partial charge in [-0.05, 0) is 0 Å². The van der Waals surface area contributed by atoms with Gasteiger partial charge in [-0.25, -0.2) is 0 Å². The van der Waals surface area contributed by atoms with Crippen molar-refractivity contribution in [3.05, 3.63) is 0 Å². The van der Waals surface area contributed by atoms with E-state index in [4.69, 9.17) is 0 Å². The summed E-state index contributed by atoms with van der Waals surface area (Å²) in [4.78, 5) is 9.62. The van der Waals surface area contributed by atoms with Gasteiger partial charge in [0.05, 0.1) is 0 Å². The molecule has 0 fully saturated rings. The van der Waals surface area contributed by atoms with E-state index in [-0.39, 0.29) is 6.29 Å². The van der Waals surface area contributed by atoms with Crippen molar-refractivity contribution in [1.82, 2.24) is 0 Å². The van der Waals surface area contributed by atoms with Crippen LogP contribution in [0.2, 0.25) is 0 Å². The Morgan fingerprint density at radius 3 is 2.20 bits per heavy atom. The van der Waals surface area contributed by atoms with Gasteiger partial charge in [-0.2, -0.15) is 13.2 Å². The quantitative estimate of drug-likeness (QED) is 0.457. The van der Waals surface area contributed by atoms with Gasteiger partial charge < -0.3 is 9.22 Å². The molecule has 0 rings (SSSR count). The molecular formula is C4H4F3O2Si. The Morgan fingerprint density at radius 2 is 2.10 bits per heavy atom. The molecule has 1 unspecified atom stereocenters. The van der Waals surface area contributed by atoms with Crippen LogP contribution < -0.4 is 0 Å². The Bertz CT molecular complexity index is 114. The minimum Gasteiger partial charge on any atom is -0.407 e. The second kappa shape index (κ2) is 3.72. The minimum atomic E-state index is -4.48. The predicted octanol–water partition coefficient (Wildman–Crippen LogP) is 0.606. The van der Waals surface area contributed by atoms with E-state index in [9.17, 15) is 18.0 Å². The Labute approximate surface area is 58.9 Å². The molecule has 0 N–H and O–H groups in total. The van der Waals surface area contributed by atoms with Gasteiger partial charge >= 0.3 is 6.18 Å². The van der Waals surface area contributed by atoms with E-state index < -0.39 is 18.7 Å². The lowest BCUT2D eigenvalue weighted by atomic mass is 10.3. The molecule has 0 aromatic rings. The number of hydrogen-bond acceptors (Lipinski definition) is 2. The Hall–Kier alpha value is -0.363. The summed E-state index contributed by atoms with van der Waals surface area (Å²) >= 11 is 0. The lowest BCUT2D eigenvalue weighted by molar-refractivity contribution is -0.195. The standard InChI is InChI=1S/C4H4F3O2Si/c5-4(6,7)3(9-10)1-2-8/h2-3H,1H2. The summed E-state index contributed by atoms with van der Waals surface area (Å²) in [6.07, 6.45) is -7.06. The monoisotopic (exact) mass is 169 g/mol. The highest BCUT2D eigenvalue weighted by molar-refractivity contribution is 5.98. The Kier molecular flexibility index (Phi) is 3.58. The summed E-state index contributed by atoms with van der Waals surface area (Å²) in [6, 6.07) is 0. The number of carbonyl (C=O) groups excluding carboxylic acids is 1. The molecule has 2 nitrogen and oxygen atoms in total. The molecule has 0 aromatic carbocycles. The average Bonchev–Trinajstić information content (AvgIpc) is 1.80. The van der Waals surface area contributed by atoms with Crippen molar-refractivity contribution in [2.24, 2.45) is 0 Å². The molecule has 0 heterocycles. The summed E-state index contributed by atoms with van der Waals surface area (Å²) in [5.74, 6) is 0. The van der Waals surface area contributed by atoms with Crippen molar-refractivity contribution >= 4 is 16.8 Å². The van der Waals surface area contributed by atoms with Crippen molar-refractivity contribution in [3.63, 3.8) is 0 Å². The summed E-state index contributed by atoms with van der Waals surface area (Å²) in [5.41, 5.74) is 0. The maximum absolute atomic E-state index is 11.6. The molecule has 10 heavy (non-hydrogen) atoms. The molecule has 0 aliphatic carbocycles. The number of hydrogen-bond donors (Lipinski definition) is 0. The van der Waals surface area contributed by atoms with Crippen molar-refractivity contribution < 1.29 is 22.4 Å². The second-order valence-corrected chi connectivity index (χ2v) is 1.79. The largest absolute Gasteiger partial charge is 0.413 e. The summed E-state index contributed by atoms with van der Waals surface area (Å²) < 4.78 is 38.6. The third-order valence-electron chi connectivity index (χ3n) is 0.818. The smallest absolute Gasteiger partial charge is 0.407 e. The van der Waals surface area contributed by atoms with Crippen LogP contribution in [-0.4, -0.2) is 29.1 Å². The second-order valence-electron chi connectivity index (χ2n) is 1.55. The van der Waals surface area contributed by atoms with Crippen LogP contribution in [0.5, 0.6) is 0 Å². The first-order valence-corrected chi connectivity index (χ1v) is 2.76. The van der Waals surface area contributed by atoms with Crippen molar-refractivity contribution in [2.45, 2.75) is 18.7 Å². The number of aldehydes is 1. The van der Waals surface area contributed by atoms with Crippen LogP contribution in [0.3, 0.4) is 0 Å². The third-order valence-corrected chi connectivity index (χ3v) is 1.10. The molecule has 3 radical (unpaired) electrons. The van der Waals surface area contributed by atoms with Crippen LogP contribution in [0, 0.1) is 0 Å². The van der Waals surface area contributed by atoms with Crippen LogP contribution in [0.4, 0.5) is 13.2 Å². The van der Waals surface area contributed by atoms with Gasteiger partial charge in [-0.15, -0.1) is 0 Å². The van der Waals surface area contributed by atoms with Gasteiger partial charge in [-0.1, -0.05) is 0 Å². The molecule has 0 aliphatic heterocycles. The zero-order valence-corrected chi connectivity index (χ0v) is 5.81. The molecule has 57 valence electrons. The van der Waals surface area contributed by atoms with Crippen molar-refractivity contribution in [3.8, 4) is 0 Å². The molecule has 0 aliphatic rings. The Morgan fingerprint density at radius 1 is 1.60 bits per heavy atom. The van der Waals surface area contributed by atoms with E-state index in [2.05, 4.69) is 14.9 Å². The topological polar surface area (TPSA) is 26.3 Å². The molecule has 1 atom stereocenters. The van der Waals surface area contributed by atoms with E-state index in [1.807, 2.05) is 0 Å². The highest BCUT2D eigenvalue weighted by Gasteiger charge is 2.38. The van der Waals surface area contributed by atoms with Gasteiger partial charge in [0.2, 0.25) is 10.5 Å². The molecule has 0 bridgehead atoms. The van der Waals surface area contributed by atoms with E-state index in [0.717, 1.165) is 0 Å². The lowest BCUT2D eigenvalue weighted by Crippen LogP contribution is -2.31. The van der Waals surface area contributed by atoms with E-state index in [1.165, 1.54) is 0 Å². The fourth-order valence-corrected chi connectivity index (χ4v) is 0.566. The molecule has 0 aromatic heterocycles. The molecule has 0 amide bonds. The normalized spacial score (nSPS) is 14.8. The van der Waals surface area contributed by atoms with Gasteiger partial charge in [0.25, 0.3) is 0 Å². The van der Waals surface area contributed by atoms with Gasteiger partial charge in [0.15, 0.2) is 0 Å². The lowest BCUT2D eigenvalue weighted by Gasteiger charge is -2.15. The maximum Gasteiger partial charge on any atom is 0.413 e. The molecular weight excluding hydrogens is 165 g/mol. The number of carbonyl (C=O) groups is 1. The molecule has 0 spiro atoms. The number of alkyl halides is 3. The molecule has 6 heteroatoms. The van der Waals surface area contributed by atoms with Crippen molar-refractivity contribution in [1.29, 1.82) is 0 Å². The summed E-state index contributed by atoms with van der Waals surface area (Å²) in [7, 11) is 2.22. The van der Waals surface area contributed by atoms with E-state index in [0.29, 0.717) is 0 Å². The van der Waals surface area contributed by atoms with E-state index in [1.54, 1.807) is 0 Å². The first kappa shape index (κ1) is 9.64. The fraction of sp³-hybridized carbons (Fsp3) is 0.750. The summed E-state index contributed by atoms with van der Waals surface area (Å²) in [5, 5.41) is 0. The third kappa shape index (κ3) is 2.97. The molecule has 0 saturated carbocycles. The predicted molar refractivity (Wildman–Crippen MR) is 27.4 cm³/mol. The number of rotatable bonds is 3. The zero-order valence-electron chi connectivity index (χ0n) is 4.81. The SMILES string of the molecule is O=CCC(O[Si])C(F)(F)F. The van der Waals surface area contributed by atoms with Gasteiger partial charge in [0, 0.05) is 6.42 Å². The van der Waals surface area contributed by atoms with Crippen LogP contribution in [0.1, 0.15) is 6.42 Å². The fourth-order valence-electron chi connectivity index (χ4n) is 0.336. The van der Waals surface area contributed by atoms with Crippen molar-refractivity contribution in [2.75, 3.05) is 0 Å². The van der Waals surface area contributed by atoms with Crippen LogP contribution in [-0.2, 0) is 9.22 Å². The maximum atomic E-state index is 11.6. The first-order chi connectivity index (χ1) is 4.52. The van der Waals surface area contributed by atoms with Gasteiger partial charge in [0.1, 0.15) is 12.4 Å². The molecule has 0 saturated heterocycles. The number of halogens is 3. The zero-order chi connectivity index (χ0) is 8.20. The van der Waals surface area contributed by atoms with Gasteiger partial charge in [-0.3, -0.25) is 0 Å². The minimum absolute atomic E-state index is 0.151. The van der Waals surface area contributed by atoms with E-state index >= 15 is 0 Å².